The van der Waals surface area contributed by atoms with Crippen molar-refractivity contribution in [3.05, 3.63) is 53.2 Å². The number of likely N-dealkylation sites (tertiary alicyclic amines) is 1. The van der Waals surface area contributed by atoms with Crippen LogP contribution >= 0.6 is 0 Å². The highest BCUT2D eigenvalue weighted by atomic mass is 16.5. The van der Waals surface area contributed by atoms with Gasteiger partial charge in [0.05, 0.1) is 13.2 Å². The van der Waals surface area contributed by atoms with Crippen molar-refractivity contribution in [2.45, 2.75) is 31.2 Å². The first kappa shape index (κ1) is 15.5. The van der Waals surface area contributed by atoms with Gasteiger partial charge < -0.3 is 9.26 Å². The van der Waals surface area contributed by atoms with Crippen molar-refractivity contribution in [3.8, 4) is 0 Å². The summed E-state index contributed by atoms with van der Waals surface area (Å²) in [5.41, 5.74) is 3.10. The van der Waals surface area contributed by atoms with Crippen LogP contribution in [0.3, 0.4) is 0 Å². The Labute approximate surface area is 142 Å². The lowest BCUT2D eigenvalue weighted by Crippen LogP contribution is -2.40. The summed E-state index contributed by atoms with van der Waals surface area (Å²) in [4.78, 5) is 6.86. The molecule has 0 saturated carbocycles. The summed E-state index contributed by atoms with van der Waals surface area (Å²) in [6.45, 7) is 3.46. The Morgan fingerprint density at radius 1 is 1.25 bits per heavy atom. The fraction of sp³-hybridized carbons (Fsp3) is 0.474. The van der Waals surface area contributed by atoms with Crippen LogP contribution in [0.5, 0.6) is 0 Å². The van der Waals surface area contributed by atoms with Gasteiger partial charge in [0.1, 0.15) is 0 Å². The fourth-order valence-corrected chi connectivity index (χ4v) is 3.82. The van der Waals surface area contributed by atoms with Gasteiger partial charge >= 0.3 is 0 Å². The van der Waals surface area contributed by atoms with E-state index in [9.17, 15) is 0 Å². The van der Waals surface area contributed by atoms with Crippen molar-refractivity contribution >= 4 is 6.08 Å². The average molecular weight is 325 g/mol. The highest BCUT2D eigenvalue weighted by molar-refractivity contribution is 5.65. The largest absolute Gasteiger partial charge is 0.384 e. The number of ether oxygens (including phenoxy) is 1. The van der Waals surface area contributed by atoms with Crippen molar-refractivity contribution in [3.63, 3.8) is 0 Å². The van der Waals surface area contributed by atoms with E-state index >= 15 is 0 Å². The van der Waals surface area contributed by atoms with E-state index in [4.69, 9.17) is 9.26 Å². The fourth-order valence-electron chi connectivity index (χ4n) is 3.82. The van der Waals surface area contributed by atoms with E-state index < -0.39 is 0 Å². The minimum Gasteiger partial charge on any atom is -0.384 e. The molecule has 24 heavy (non-hydrogen) atoms. The van der Waals surface area contributed by atoms with Crippen LogP contribution in [0.4, 0.5) is 0 Å². The highest BCUT2D eigenvalue weighted by Crippen LogP contribution is 2.43. The highest BCUT2D eigenvalue weighted by Gasteiger charge is 2.37. The molecule has 5 heteroatoms. The van der Waals surface area contributed by atoms with Crippen molar-refractivity contribution in [2.24, 2.45) is 0 Å². The molecule has 2 heterocycles. The van der Waals surface area contributed by atoms with E-state index in [0.717, 1.165) is 38.3 Å². The molecule has 2 aliphatic rings. The van der Waals surface area contributed by atoms with Crippen molar-refractivity contribution in [1.82, 2.24) is 15.0 Å². The number of hydrogen-bond acceptors (Lipinski definition) is 5. The number of fused-ring (bicyclic) bond motifs is 2. The first-order valence-electron chi connectivity index (χ1n) is 8.61. The van der Waals surface area contributed by atoms with Crippen molar-refractivity contribution in [2.75, 3.05) is 26.8 Å². The number of allylic oxidation sites excluding steroid dienone is 1. The predicted octanol–water partition coefficient (Wildman–Crippen LogP) is 2.82. The van der Waals surface area contributed by atoms with E-state index in [1.165, 1.54) is 11.1 Å². The molecule has 0 N–H and O–H groups in total. The van der Waals surface area contributed by atoms with Crippen LogP contribution in [-0.2, 0) is 23.1 Å². The lowest BCUT2D eigenvalue weighted by Gasteiger charge is -2.38. The number of benzene rings is 1. The third kappa shape index (κ3) is 2.89. The molecule has 0 unspecified atom stereocenters. The number of nitrogens with zero attached hydrogens (tertiary/aromatic N) is 3. The van der Waals surface area contributed by atoms with Crippen molar-refractivity contribution in [1.29, 1.82) is 0 Å². The van der Waals surface area contributed by atoms with Gasteiger partial charge in [-0.1, -0.05) is 41.6 Å². The molecule has 1 saturated heterocycles. The molecule has 1 aliphatic heterocycles. The van der Waals surface area contributed by atoms with Gasteiger partial charge in [0.15, 0.2) is 5.82 Å². The number of aromatic nitrogens is 2. The normalized spacial score (nSPS) is 19.0. The van der Waals surface area contributed by atoms with E-state index in [2.05, 4.69) is 51.5 Å². The van der Waals surface area contributed by atoms with Gasteiger partial charge in [-0.3, -0.25) is 4.90 Å². The quantitative estimate of drug-likeness (QED) is 0.846. The summed E-state index contributed by atoms with van der Waals surface area (Å²) < 4.78 is 10.4. The molecule has 0 atom stereocenters. The van der Waals surface area contributed by atoms with E-state index in [1.54, 1.807) is 7.11 Å². The van der Waals surface area contributed by atoms with Crippen molar-refractivity contribution < 1.29 is 9.26 Å². The van der Waals surface area contributed by atoms with Crippen LogP contribution in [0.2, 0.25) is 0 Å². The van der Waals surface area contributed by atoms with Crippen LogP contribution in [0.25, 0.3) is 6.08 Å². The zero-order valence-corrected chi connectivity index (χ0v) is 14.1. The zero-order valence-electron chi connectivity index (χ0n) is 14.1. The number of hydrogen-bond donors (Lipinski definition) is 0. The maximum Gasteiger partial charge on any atom is 0.240 e. The van der Waals surface area contributed by atoms with E-state index in [-0.39, 0.29) is 5.41 Å². The van der Waals surface area contributed by atoms with Gasteiger partial charge in [0.2, 0.25) is 5.89 Å². The summed E-state index contributed by atoms with van der Waals surface area (Å²) in [6.07, 6.45) is 7.68. The first-order chi connectivity index (χ1) is 11.8. The molecular formula is C19H23N3O2. The predicted molar refractivity (Wildman–Crippen MR) is 91.5 cm³/mol. The second kappa shape index (κ2) is 6.49. The van der Waals surface area contributed by atoms with Gasteiger partial charge in [0, 0.05) is 18.9 Å². The Kier molecular flexibility index (Phi) is 4.21. The standard InChI is InChI=1S/C19H23N3O2/c1-23-13-7-17-20-18(24-21-17)14-22-11-9-19(10-12-22)8-6-15-4-2-3-5-16(15)19/h2-6,8H,7,9-14H2,1H3. The SMILES string of the molecule is COCCc1noc(CN2CCC3(C=Cc4ccccc43)CC2)n1. The Balaban J connectivity index is 1.37. The van der Waals surface area contributed by atoms with Gasteiger partial charge in [-0.25, -0.2) is 0 Å². The third-order valence-corrected chi connectivity index (χ3v) is 5.23. The molecule has 0 amide bonds. The number of methoxy groups -OCH3 is 1. The van der Waals surface area contributed by atoms with Crippen LogP contribution in [0, 0.1) is 0 Å². The molecule has 1 spiro atoms. The topological polar surface area (TPSA) is 51.4 Å². The molecule has 5 nitrogen and oxygen atoms in total. The molecule has 4 rings (SSSR count). The molecule has 126 valence electrons. The molecule has 1 aromatic carbocycles. The van der Waals surface area contributed by atoms with Crippen LogP contribution in [0.15, 0.2) is 34.9 Å². The van der Waals surface area contributed by atoms with Gasteiger partial charge in [0.25, 0.3) is 0 Å². The summed E-state index contributed by atoms with van der Waals surface area (Å²) in [5.74, 6) is 1.44. The van der Waals surface area contributed by atoms with Gasteiger partial charge in [-0.15, -0.1) is 0 Å². The average Bonchev–Trinajstić information content (AvgIpc) is 3.21. The molecule has 1 aliphatic carbocycles. The minimum absolute atomic E-state index is 0.228. The summed E-state index contributed by atoms with van der Waals surface area (Å²) >= 11 is 0. The Morgan fingerprint density at radius 2 is 2.08 bits per heavy atom. The van der Waals surface area contributed by atoms with E-state index in [0.29, 0.717) is 18.9 Å². The monoisotopic (exact) mass is 325 g/mol. The van der Waals surface area contributed by atoms with Gasteiger partial charge in [-0.05, 0) is 37.1 Å². The Hall–Kier alpha value is -1.98. The van der Waals surface area contributed by atoms with Crippen LogP contribution < -0.4 is 0 Å². The zero-order chi connectivity index (χ0) is 16.4. The third-order valence-electron chi connectivity index (χ3n) is 5.23. The summed E-state index contributed by atoms with van der Waals surface area (Å²) in [7, 11) is 1.68. The minimum atomic E-state index is 0.228. The number of piperidine rings is 1. The van der Waals surface area contributed by atoms with Crippen LogP contribution in [-0.4, -0.2) is 41.8 Å². The second-order valence-electron chi connectivity index (χ2n) is 6.70. The molecule has 2 aromatic rings. The molecule has 0 bridgehead atoms. The maximum absolute atomic E-state index is 5.37. The Morgan fingerprint density at radius 3 is 2.92 bits per heavy atom. The lowest BCUT2D eigenvalue weighted by molar-refractivity contribution is 0.159. The molecule has 1 fully saturated rings. The smallest absolute Gasteiger partial charge is 0.240 e. The molecular weight excluding hydrogens is 302 g/mol. The summed E-state index contributed by atoms with van der Waals surface area (Å²) in [6, 6.07) is 8.77. The number of rotatable bonds is 5. The van der Waals surface area contributed by atoms with Crippen LogP contribution in [0.1, 0.15) is 35.7 Å². The first-order valence-corrected chi connectivity index (χ1v) is 8.61. The lowest BCUT2D eigenvalue weighted by atomic mass is 9.74. The summed E-state index contributed by atoms with van der Waals surface area (Å²) in [5, 5.41) is 4.02. The van der Waals surface area contributed by atoms with E-state index in [1.807, 2.05) is 0 Å². The van der Waals surface area contributed by atoms with Gasteiger partial charge in [-0.2, -0.15) is 4.98 Å². The molecule has 1 aromatic heterocycles. The maximum atomic E-state index is 5.37. The Bertz CT molecular complexity index is 730. The second-order valence-corrected chi connectivity index (χ2v) is 6.70. The molecule has 0 radical (unpaired) electrons.